The Morgan fingerprint density at radius 1 is 0.889 bits per heavy atom. The smallest absolute Gasteiger partial charge is 0.316 e. The number of hydrogen-bond donors (Lipinski definition) is 0. The standard InChI is InChI=1S/C15H26O3/c1-3-5-7-9-12-11-13(10-8-6-4-2)15(17)18-14(12)16/h12-13H,3-11H2,1-2H3. The van der Waals surface area contributed by atoms with Crippen LogP contribution in [-0.2, 0) is 14.3 Å². The monoisotopic (exact) mass is 254 g/mol. The number of rotatable bonds is 8. The summed E-state index contributed by atoms with van der Waals surface area (Å²) in [6.45, 7) is 4.30. The summed E-state index contributed by atoms with van der Waals surface area (Å²) in [6.07, 6.45) is 9.20. The first kappa shape index (κ1) is 15.2. The molecule has 0 aliphatic carbocycles. The van der Waals surface area contributed by atoms with Crippen molar-refractivity contribution < 1.29 is 14.3 Å². The van der Waals surface area contributed by atoms with E-state index >= 15 is 0 Å². The van der Waals surface area contributed by atoms with Crippen LogP contribution in [0, 0.1) is 11.8 Å². The number of carbonyl (C=O) groups excluding carboxylic acids is 2. The van der Waals surface area contributed by atoms with Gasteiger partial charge in [0, 0.05) is 0 Å². The summed E-state index contributed by atoms with van der Waals surface area (Å²) in [4.78, 5) is 23.3. The Kier molecular flexibility index (Phi) is 6.99. The summed E-state index contributed by atoms with van der Waals surface area (Å²) in [5, 5.41) is 0. The van der Waals surface area contributed by atoms with Gasteiger partial charge in [0.05, 0.1) is 11.8 Å². The Bertz CT molecular complexity index is 247. The third-order valence-electron chi connectivity index (χ3n) is 3.75. The van der Waals surface area contributed by atoms with Gasteiger partial charge in [-0.05, 0) is 19.3 Å². The highest BCUT2D eigenvalue weighted by Gasteiger charge is 2.35. The lowest BCUT2D eigenvalue weighted by Gasteiger charge is -2.26. The number of carbonyl (C=O) groups is 2. The maximum Gasteiger partial charge on any atom is 0.316 e. The molecule has 104 valence electrons. The average molecular weight is 254 g/mol. The van der Waals surface area contributed by atoms with Crippen molar-refractivity contribution in [3.05, 3.63) is 0 Å². The first-order valence-corrected chi connectivity index (χ1v) is 7.44. The molecule has 0 saturated carbocycles. The van der Waals surface area contributed by atoms with Crippen molar-refractivity contribution in [1.82, 2.24) is 0 Å². The molecule has 1 rings (SSSR count). The highest BCUT2D eigenvalue weighted by atomic mass is 16.6. The molecule has 1 aliphatic rings. The van der Waals surface area contributed by atoms with E-state index in [0.717, 1.165) is 51.4 Å². The molecule has 1 fully saturated rings. The molecule has 0 aromatic rings. The van der Waals surface area contributed by atoms with E-state index in [0.29, 0.717) is 6.42 Å². The molecule has 2 unspecified atom stereocenters. The van der Waals surface area contributed by atoms with E-state index in [1.807, 2.05) is 0 Å². The van der Waals surface area contributed by atoms with Crippen LogP contribution in [0.15, 0.2) is 0 Å². The SMILES string of the molecule is CCCCCC1CC(CCCCC)C(=O)OC1=O. The molecule has 1 heterocycles. The van der Waals surface area contributed by atoms with Crippen molar-refractivity contribution in [1.29, 1.82) is 0 Å². The van der Waals surface area contributed by atoms with Crippen molar-refractivity contribution in [2.45, 2.75) is 71.6 Å². The van der Waals surface area contributed by atoms with E-state index in [-0.39, 0.29) is 23.8 Å². The number of cyclic esters (lactones) is 2. The summed E-state index contributed by atoms with van der Waals surface area (Å²) in [7, 11) is 0. The maximum atomic E-state index is 11.6. The number of hydrogen-bond acceptors (Lipinski definition) is 3. The third-order valence-corrected chi connectivity index (χ3v) is 3.75. The van der Waals surface area contributed by atoms with Crippen LogP contribution < -0.4 is 0 Å². The van der Waals surface area contributed by atoms with Gasteiger partial charge in [-0.25, -0.2) is 0 Å². The molecule has 0 N–H and O–H groups in total. The molecule has 0 amide bonds. The Morgan fingerprint density at radius 3 is 1.72 bits per heavy atom. The number of esters is 2. The largest absolute Gasteiger partial charge is 0.393 e. The van der Waals surface area contributed by atoms with Crippen LogP contribution in [0.4, 0.5) is 0 Å². The second kappa shape index (κ2) is 8.28. The number of unbranched alkanes of at least 4 members (excludes halogenated alkanes) is 4. The van der Waals surface area contributed by atoms with E-state index in [1.54, 1.807) is 0 Å². The van der Waals surface area contributed by atoms with Crippen molar-refractivity contribution in [2.75, 3.05) is 0 Å². The van der Waals surface area contributed by atoms with Crippen LogP contribution in [0.2, 0.25) is 0 Å². The van der Waals surface area contributed by atoms with Crippen LogP contribution in [0.1, 0.15) is 71.6 Å². The van der Waals surface area contributed by atoms with Gasteiger partial charge in [0.2, 0.25) is 0 Å². The molecule has 2 atom stereocenters. The van der Waals surface area contributed by atoms with Crippen molar-refractivity contribution in [3.8, 4) is 0 Å². The molecule has 1 saturated heterocycles. The first-order valence-electron chi connectivity index (χ1n) is 7.44. The summed E-state index contributed by atoms with van der Waals surface area (Å²) in [5.41, 5.74) is 0. The summed E-state index contributed by atoms with van der Waals surface area (Å²) in [5.74, 6) is -0.660. The van der Waals surface area contributed by atoms with Gasteiger partial charge in [-0.3, -0.25) is 9.59 Å². The molecule has 0 aromatic carbocycles. The second-order valence-electron chi connectivity index (χ2n) is 5.36. The van der Waals surface area contributed by atoms with Gasteiger partial charge in [-0.15, -0.1) is 0 Å². The molecule has 0 spiro atoms. The molecule has 1 aliphatic heterocycles. The fourth-order valence-corrected chi connectivity index (χ4v) is 2.55. The maximum absolute atomic E-state index is 11.6. The topological polar surface area (TPSA) is 43.4 Å². The molecule has 3 heteroatoms. The second-order valence-corrected chi connectivity index (χ2v) is 5.36. The minimum absolute atomic E-state index is 0.0409. The average Bonchev–Trinajstić information content (AvgIpc) is 2.34. The van der Waals surface area contributed by atoms with E-state index in [9.17, 15) is 9.59 Å². The normalized spacial score (nSPS) is 24.1. The van der Waals surface area contributed by atoms with E-state index < -0.39 is 0 Å². The predicted octanol–water partition coefficient (Wildman–Crippen LogP) is 3.85. The minimum Gasteiger partial charge on any atom is -0.393 e. The summed E-state index contributed by atoms with van der Waals surface area (Å²) in [6, 6.07) is 0. The van der Waals surface area contributed by atoms with Crippen LogP contribution >= 0.6 is 0 Å². The number of ether oxygens (including phenoxy) is 1. The molecule has 3 nitrogen and oxygen atoms in total. The first-order chi connectivity index (χ1) is 8.69. The Balaban J connectivity index is 2.39. The van der Waals surface area contributed by atoms with E-state index in [1.165, 1.54) is 0 Å². The Hall–Kier alpha value is -0.860. The summed E-state index contributed by atoms with van der Waals surface area (Å²) < 4.78 is 4.89. The molecule has 0 aromatic heterocycles. The minimum atomic E-state index is -0.289. The highest BCUT2D eigenvalue weighted by molar-refractivity contribution is 5.90. The lowest BCUT2D eigenvalue weighted by molar-refractivity contribution is -0.172. The lowest BCUT2D eigenvalue weighted by atomic mass is 9.85. The van der Waals surface area contributed by atoms with Gasteiger partial charge in [-0.2, -0.15) is 0 Å². The highest BCUT2D eigenvalue weighted by Crippen LogP contribution is 2.29. The lowest BCUT2D eigenvalue weighted by Crippen LogP contribution is -2.34. The molecular formula is C15H26O3. The van der Waals surface area contributed by atoms with Gasteiger partial charge in [0.15, 0.2) is 0 Å². The molecule has 0 radical (unpaired) electrons. The molecule has 18 heavy (non-hydrogen) atoms. The zero-order valence-corrected chi connectivity index (χ0v) is 11.7. The Labute approximate surface area is 110 Å². The van der Waals surface area contributed by atoms with Crippen molar-refractivity contribution in [2.24, 2.45) is 11.8 Å². The third kappa shape index (κ3) is 4.79. The molecular weight excluding hydrogens is 228 g/mol. The van der Waals surface area contributed by atoms with E-state index in [2.05, 4.69) is 13.8 Å². The predicted molar refractivity (Wildman–Crippen MR) is 71.0 cm³/mol. The van der Waals surface area contributed by atoms with Gasteiger partial charge in [-0.1, -0.05) is 52.4 Å². The summed E-state index contributed by atoms with van der Waals surface area (Å²) >= 11 is 0. The van der Waals surface area contributed by atoms with Crippen LogP contribution in [0.3, 0.4) is 0 Å². The zero-order chi connectivity index (χ0) is 13.4. The fourth-order valence-electron chi connectivity index (χ4n) is 2.55. The van der Waals surface area contributed by atoms with Crippen molar-refractivity contribution in [3.63, 3.8) is 0 Å². The van der Waals surface area contributed by atoms with Gasteiger partial charge in [0.1, 0.15) is 0 Å². The van der Waals surface area contributed by atoms with Crippen molar-refractivity contribution >= 4 is 11.9 Å². The van der Waals surface area contributed by atoms with Gasteiger partial charge >= 0.3 is 11.9 Å². The van der Waals surface area contributed by atoms with Crippen LogP contribution in [0.5, 0.6) is 0 Å². The van der Waals surface area contributed by atoms with Gasteiger partial charge in [0.25, 0.3) is 0 Å². The van der Waals surface area contributed by atoms with Crippen LogP contribution in [-0.4, -0.2) is 11.9 Å². The Morgan fingerprint density at radius 2 is 1.33 bits per heavy atom. The fraction of sp³-hybridized carbons (Fsp3) is 0.867. The van der Waals surface area contributed by atoms with Crippen LogP contribution in [0.25, 0.3) is 0 Å². The quantitative estimate of drug-likeness (QED) is 0.375. The zero-order valence-electron chi connectivity index (χ0n) is 11.7. The van der Waals surface area contributed by atoms with E-state index in [4.69, 9.17) is 4.74 Å². The molecule has 0 bridgehead atoms. The van der Waals surface area contributed by atoms with Gasteiger partial charge < -0.3 is 4.74 Å².